The molecule has 0 aliphatic heterocycles. The third-order valence-corrected chi connectivity index (χ3v) is 2.94. The fourth-order valence-electron chi connectivity index (χ4n) is 1.63. The monoisotopic (exact) mass is 279 g/mol. The number of carbonyl (C=O) groups is 1. The van der Waals surface area contributed by atoms with Crippen LogP contribution in [0.15, 0.2) is 35.5 Å². The summed E-state index contributed by atoms with van der Waals surface area (Å²) < 4.78 is 14.8. The number of benzene rings is 1. The van der Waals surface area contributed by atoms with Gasteiger partial charge in [0.05, 0.1) is 12.7 Å². The number of aromatic nitrogens is 2. The highest BCUT2D eigenvalue weighted by Crippen LogP contribution is 2.13. The minimum atomic E-state index is -0.438. The number of rotatable bonds is 4. The van der Waals surface area contributed by atoms with Crippen LogP contribution in [0.2, 0.25) is 0 Å². The van der Waals surface area contributed by atoms with Gasteiger partial charge in [-0.3, -0.25) is 9.48 Å². The third-order valence-electron chi connectivity index (χ3n) is 2.60. The lowest BCUT2D eigenvalue weighted by Crippen LogP contribution is -2.27. The molecule has 1 heterocycles. The van der Waals surface area contributed by atoms with E-state index in [1.54, 1.807) is 10.9 Å². The van der Waals surface area contributed by atoms with Gasteiger partial charge in [-0.1, -0.05) is 0 Å². The van der Waals surface area contributed by atoms with E-state index in [4.69, 9.17) is 0 Å². The molecule has 4 nitrogen and oxygen atoms in total. The van der Waals surface area contributed by atoms with Gasteiger partial charge in [0.1, 0.15) is 5.82 Å². The van der Waals surface area contributed by atoms with Crippen molar-refractivity contribution in [1.29, 1.82) is 0 Å². The van der Waals surface area contributed by atoms with Gasteiger partial charge in [0.25, 0.3) is 5.91 Å². The van der Waals surface area contributed by atoms with Gasteiger partial charge in [0, 0.05) is 23.2 Å². The maximum absolute atomic E-state index is 13.0. The highest BCUT2D eigenvalue weighted by atomic mass is 32.1. The molecule has 2 aromatic rings. The van der Waals surface area contributed by atoms with Crippen molar-refractivity contribution < 1.29 is 9.18 Å². The first kappa shape index (κ1) is 13.6. The number of aryl methyl sites for hydroxylation is 1. The molecule has 100 valence electrons. The Kier molecular flexibility index (Phi) is 4.21. The van der Waals surface area contributed by atoms with Crippen molar-refractivity contribution in [1.82, 2.24) is 15.1 Å². The molecule has 0 radical (unpaired) electrons. The number of nitrogens with one attached hydrogen (secondary N) is 1. The number of amides is 1. The number of thiol groups is 1. The van der Waals surface area contributed by atoms with Gasteiger partial charge in [0.15, 0.2) is 0 Å². The molecule has 19 heavy (non-hydrogen) atoms. The summed E-state index contributed by atoms with van der Waals surface area (Å²) in [5, 5.41) is 6.86. The first-order chi connectivity index (χ1) is 9.06. The topological polar surface area (TPSA) is 46.9 Å². The highest BCUT2D eigenvalue weighted by molar-refractivity contribution is 7.80. The quantitative estimate of drug-likeness (QED) is 0.841. The van der Waals surface area contributed by atoms with Crippen LogP contribution < -0.4 is 5.32 Å². The zero-order valence-electron chi connectivity index (χ0n) is 10.4. The van der Waals surface area contributed by atoms with Crippen LogP contribution in [0.1, 0.15) is 15.9 Å². The molecule has 0 spiro atoms. The summed E-state index contributed by atoms with van der Waals surface area (Å²) in [5.41, 5.74) is 1.47. The van der Waals surface area contributed by atoms with E-state index < -0.39 is 5.82 Å². The molecule has 0 saturated carbocycles. The molecule has 2 rings (SSSR count). The second-order valence-corrected chi connectivity index (χ2v) is 4.68. The molecule has 1 N–H and O–H groups in total. The molecule has 1 aromatic carbocycles. The van der Waals surface area contributed by atoms with E-state index in [0.29, 0.717) is 18.7 Å². The number of halogens is 1. The van der Waals surface area contributed by atoms with Gasteiger partial charge >= 0.3 is 0 Å². The van der Waals surface area contributed by atoms with Crippen molar-refractivity contribution in [3.63, 3.8) is 0 Å². The Labute approximate surface area is 116 Å². The number of carbonyl (C=O) groups excluding carboxylic acids is 1. The Morgan fingerprint density at radius 3 is 2.95 bits per heavy atom. The average molecular weight is 279 g/mol. The van der Waals surface area contributed by atoms with Crippen molar-refractivity contribution >= 4 is 18.5 Å². The van der Waals surface area contributed by atoms with Crippen molar-refractivity contribution in [2.24, 2.45) is 0 Å². The van der Waals surface area contributed by atoms with Crippen LogP contribution in [0.4, 0.5) is 4.39 Å². The van der Waals surface area contributed by atoms with Crippen molar-refractivity contribution in [2.45, 2.75) is 18.4 Å². The second kappa shape index (κ2) is 5.88. The fourth-order valence-corrected chi connectivity index (χ4v) is 1.84. The molecule has 1 amide bonds. The Morgan fingerprint density at radius 2 is 2.32 bits per heavy atom. The summed E-state index contributed by atoms with van der Waals surface area (Å²) >= 11 is 3.94. The lowest BCUT2D eigenvalue weighted by Gasteiger charge is -2.06. The van der Waals surface area contributed by atoms with Crippen molar-refractivity contribution in [3.05, 3.63) is 47.5 Å². The molecule has 1 aromatic heterocycles. The zero-order valence-corrected chi connectivity index (χ0v) is 11.3. The van der Waals surface area contributed by atoms with Gasteiger partial charge in [-0.05, 0) is 30.7 Å². The minimum Gasteiger partial charge on any atom is -0.350 e. The maximum Gasteiger partial charge on any atom is 0.251 e. The SMILES string of the molecule is Cc1cnn(CCNC(=O)c2ccc(F)c(S)c2)c1. The van der Waals surface area contributed by atoms with E-state index in [2.05, 4.69) is 23.0 Å². The predicted molar refractivity (Wildman–Crippen MR) is 72.9 cm³/mol. The van der Waals surface area contributed by atoms with Gasteiger partial charge < -0.3 is 5.32 Å². The normalized spacial score (nSPS) is 10.5. The highest BCUT2D eigenvalue weighted by Gasteiger charge is 2.07. The Morgan fingerprint density at radius 1 is 1.53 bits per heavy atom. The van der Waals surface area contributed by atoms with Crippen LogP contribution in [-0.2, 0) is 6.54 Å². The molecule has 0 fully saturated rings. The lowest BCUT2D eigenvalue weighted by molar-refractivity contribution is 0.0951. The molecule has 0 unspecified atom stereocenters. The molecular weight excluding hydrogens is 265 g/mol. The summed E-state index contributed by atoms with van der Waals surface area (Å²) in [5.74, 6) is -0.689. The second-order valence-electron chi connectivity index (χ2n) is 4.20. The summed E-state index contributed by atoms with van der Waals surface area (Å²) in [7, 11) is 0. The fraction of sp³-hybridized carbons (Fsp3) is 0.231. The molecule has 0 aliphatic rings. The van der Waals surface area contributed by atoms with E-state index in [1.165, 1.54) is 18.2 Å². The number of nitrogens with zero attached hydrogens (tertiary/aromatic N) is 2. The number of hydrogen-bond donors (Lipinski definition) is 2. The Bertz CT molecular complexity index is 597. The summed E-state index contributed by atoms with van der Waals surface area (Å²) in [6, 6.07) is 4.07. The Balaban J connectivity index is 1.89. The molecular formula is C13H14FN3OS. The molecule has 0 aliphatic carbocycles. The van der Waals surface area contributed by atoms with Crippen LogP contribution in [-0.4, -0.2) is 22.2 Å². The largest absolute Gasteiger partial charge is 0.350 e. The van der Waals surface area contributed by atoms with Crippen LogP contribution in [0.3, 0.4) is 0 Å². The smallest absolute Gasteiger partial charge is 0.251 e. The van der Waals surface area contributed by atoms with Gasteiger partial charge in [-0.15, -0.1) is 12.6 Å². The van der Waals surface area contributed by atoms with Crippen LogP contribution in [0.25, 0.3) is 0 Å². The first-order valence-electron chi connectivity index (χ1n) is 5.82. The van der Waals surface area contributed by atoms with Crippen LogP contribution >= 0.6 is 12.6 Å². The van der Waals surface area contributed by atoms with E-state index in [0.717, 1.165) is 5.56 Å². The van der Waals surface area contributed by atoms with Gasteiger partial charge in [-0.2, -0.15) is 5.10 Å². The van der Waals surface area contributed by atoms with Gasteiger partial charge in [0.2, 0.25) is 0 Å². The minimum absolute atomic E-state index is 0.162. The summed E-state index contributed by atoms with van der Waals surface area (Å²) in [6.07, 6.45) is 3.66. The number of hydrogen-bond acceptors (Lipinski definition) is 3. The summed E-state index contributed by atoms with van der Waals surface area (Å²) in [6.45, 7) is 3.00. The van der Waals surface area contributed by atoms with E-state index in [9.17, 15) is 9.18 Å². The third kappa shape index (κ3) is 3.57. The first-order valence-corrected chi connectivity index (χ1v) is 6.27. The summed E-state index contributed by atoms with van der Waals surface area (Å²) in [4.78, 5) is 12.0. The van der Waals surface area contributed by atoms with Crippen LogP contribution in [0, 0.1) is 12.7 Å². The van der Waals surface area contributed by atoms with Crippen molar-refractivity contribution in [2.75, 3.05) is 6.54 Å². The lowest BCUT2D eigenvalue weighted by atomic mass is 10.2. The molecule has 0 atom stereocenters. The molecule has 0 bridgehead atoms. The average Bonchev–Trinajstić information content (AvgIpc) is 2.78. The molecule has 0 saturated heterocycles. The van der Waals surface area contributed by atoms with E-state index in [-0.39, 0.29) is 10.8 Å². The Hall–Kier alpha value is -1.82. The van der Waals surface area contributed by atoms with Gasteiger partial charge in [-0.25, -0.2) is 4.39 Å². The zero-order chi connectivity index (χ0) is 13.8. The van der Waals surface area contributed by atoms with Crippen LogP contribution in [0.5, 0.6) is 0 Å². The van der Waals surface area contributed by atoms with E-state index in [1.807, 2.05) is 13.1 Å². The standard InChI is InChI=1S/C13H14FN3OS/c1-9-7-16-17(8-9)5-4-15-13(18)10-2-3-11(14)12(19)6-10/h2-3,6-8,19H,4-5H2,1H3,(H,15,18). The maximum atomic E-state index is 13.0. The van der Waals surface area contributed by atoms with E-state index >= 15 is 0 Å². The predicted octanol–water partition coefficient (Wildman–Crippen LogP) is 2.05. The van der Waals surface area contributed by atoms with Crippen molar-refractivity contribution in [3.8, 4) is 0 Å². The molecule has 6 heteroatoms.